The predicted octanol–water partition coefficient (Wildman–Crippen LogP) is 1.74. The number of rotatable bonds is 2. The highest BCUT2D eigenvalue weighted by atomic mass is 32.1. The van der Waals surface area contributed by atoms with Gasteiger partial charge in [0, 0.05) is 6.04 Å². The fourth-order valence-electron chi connectivity index (χ4n) is 1.27. The highest BCUT2D eigenvalue weighted by molar-refractivity contribution is 7.14. The van der Waals surface area contributed by atoms with Crippen LogP contribution >= 0.6 is 11.3 Å². The second kappa shape index (κ2) is 2.50. The molecule has 1 heterocycles. The van der Waals surface area contributed by atoms with E-state index in [-0.39, 0.29) is 6.04 Å². The van der Waals surface area contributed by atoms with Crippen molar-refractivity contribution in [3.63, 3.8) is 0 Å². The number of hydrogen-bond acceptors (Lipinski definition) is 3. The maximum atomic E-state index is 5.96. The molecule has 2 rings (SSSR count). The van der Waals surface area contributed by atoms with Gasteiger partial charge in [0.2, 0.25) is 0 Å². The Morgan fingerprint density at radius 2 is 2.27 bits per heavy atom. The van der Waals surface area contributed by atoms with Gasteiger partial charge in [-0.3, -0.25) is 0 Å². The average molecular weight is 168 g/mol. The van der Waals surface area contributed by atoms with Crippen LogP contribution in [0.4, 0.5) is 5.00 Å². The van der Waals surface area contributed by atoms with E-state index in [9.17, 15) is 0 Å². The Hall–Kier alpha value is -0.540. The highest BCUT2D eigenvalue weighted by Crippen LogP contribution is 2.40. The van der Waals surface area contributed by atoms with Crippen molar-refractivity contribution in [2.24, 2.45) is 11.7 Å². The Labute approximate surface area is 70.2 Å². The minimum atomic E-state index is 0.239. The van der Waals surface area contributed by atoms with E-state index in [1.807, 2.05) is 6.07 Å². The molecule has 0 amide bonds. The van der Waals surface area contributed by atoms with Crippen LogP contribution in [0, 0.1) is 5.92 Å². The smallest absolute Gasteiger partial charge is 0.0859 e. The van der Waals surface area contributed by atoms with Crippen LogP contribution in [-0.2, 0) is 0 Å². The van der Waals surface area contributed by atoms with Crippen LogP contribution in [0.25, 0.3) is 0 Å². The Morgan fingerprint density at radius 1 is 1.55 bits per heavy atom. The van der Waals surface area contributed by atoms with Crippen molar-refractivity contribution in [2.45, 2.75) is 18.9 Å². The Bertz CT molecular complexity index is 252. The zero-order valence-corrected chi connectivity index (χ0v) is 7.10. The van der Waals surface area contributed by atoms with Gasteiger partial charge >= 0.3 is 0 Å². The molecule has 1 aromatic heterocycles. The molecule has 0 aromatic carbocycles. The third-order valence-electron chi connectivity index (χ3n) is 2.15. The number of nitrogens with two attached hydrogens (primary N) is 2. The van der Waals surface area contributed by atoms with Gasteiger partial charge in [0.15, 0.2) is 0 Å². The lowest BCUT2D eigenvalue weighted by Crippen LogP contribution is -2.10. The first kappa shape index (κ1) is 7.13. The molecule has 1 aromatic rings. The van der Waals surface area contributed by atoms with Crippen LogP contribution < -0.4 is 11.5 Å². The van der Waals surface area contributed by atoms with Gasteiger partial charge < -0.3 is 11.5 Å². The Kier molecular flexibility index (Phi) is 1.62. The van der Waals surface area contributed by atoms with Crippen molar-refractivity contribution in [3.8, 4) is 0 Å². The van der Waals surface area contributed by atoms with E-state index in [1.54, 1.807) is 11.3 Å². The minimum absolute atomic E-state index is 0.239. The van der Waals surface area contributed by atoms with Crippen LogP contribution in [-0.4, -0.2) is 0 Å². The quantitative estimate of drug-likeness (QED) is 0.706. The molecule has 4 N–H and O–H groups in total. The van der Waals surface area contributed by atoms with Crippen LogP contribution in [0.2, 0.25) is 0 Å². The molecule has 1 atom stereocenters. The Balaban J connectivity index is 2.14. The normalized spacial score (nSPS) is 20.1. The van der Waals surface area contributed by atoms with Crippen molar-refractivity contribution < 1.29 is 0 Å². The van der Waals surface area contributed by atoms with E-state index in [1.165, 1.54) is 18.4 Å². The number of nitrogen functional groups attached to an aromatic ring is 1. The molecule has 1 aliphatic rings. The summed E-state index contributed by atoms with van der Waals surface area (Å²) in [5.74, 6) is 0.726. The summed E-state index contributed by atoms with van der Waals surface area (Å²) in [5, 5.41) is 2.94. The topological polar surface area (TPSA) is 52.0 Å². The number of thiophene rings is 1. The van der Waals surface area contributed by atoms with Gasteiger partial charge in [-0.15, -0.1) is 11.3 Å². The molecule has 0 aliphatic heterocycles. The summed E-state index contributed by atoms with van der Waals surface area (Å²) in [7, 11) is 0. The molecule has 0 unspecified atom stereocenters. The Morgan fingerprint density at radius 3 is 2.73 bits per heavy atom. The number of anilines is 1. The van der Waals surface area contributed by atoms with Crippen molar-refractivity contribution in [2.75, 3.05) is 5.73 Å². The molecule has 0 saturated heterocycles. The van der Waals surface area contributed by atoms with Crippen molar-refractivity contribution in [3.05, 3.63) is 17.0 Å². The van der Waals surface area contributed by atoms with Gasteiger partial charge in [-0.05, 0) is 35.8 Å². The van der Waals surface area contributed by atoms with Gasteiger partial charge in [0.25, 0.3) is 0 Å². The molecule has 0 spiro atoms. The van der Waals surface area contributed by atoms with E-state index in [4.69, 9.17) is 11.5 Å². The van der Waals surface area contributed by atoms with E-state index in [0.717, 1.165) is 10.9 Å². The molecular weight excluding hydrogens is 156 g/mol. The van der Waals surface area contributed by atoms with Crippen LogP contribution in [0.5, 0.6) is 0 Å². The first-order valence-electron chi connectivity index (χ1n) is 3.87. The largest absolute Gasteiger partial charge is 0.391 e. The van der Waals surface area contributed by atoms with Gasteiger partial charge in [-0.1, -0.05) is 0 Å². The molecule has 3 heteroatoms. The predicted molar refractivity (Wildman–Crippen MR) is 48.4 cm³/mol. The lowest BCUT2D eigenvalue weighted by atomic mass is 10.1. The maximum absolute atomic E-state index is 5.96. The van der Waals surface area contributed by atoms with Crippen molar-refractivity contribution in [1.82, 2.24) is 0 Å². The van der Waals surface area contributed by atoms with Gasteiger partial charge in [0.05, 0.1) is 5.00 Å². The fourth-order valence-corrected chi connectivity index (χ4v) is 1.97. The van der Waals surface area contributed by atoms with E-state index < -0.39 is 0 Å². The van der Waals surface area contributed by atoms with E-state index in [2.05, 4.69) is 5.38 Å². The summed E-state index contributed by atoms with van der Waals surface area (Å²) in [6, 6.07) is 2.23. The molecule has 1 fully saturated rings. The molecule has 60 valence electrons. The number of hydrogen-bond donors (Lipinski definition) is 2. The van der Waals surface area contributed by atoms with Crippen molar-refractivity contribution >= 4 is 16.3 Å². The second-order valence-electron chi connectivity index (χ2n) is 3.15. The zero-order chi connectivity index (χ0) is 7.84. The molecule has 0 radical (unpaired) electrons. The van der Waals surface area contributed by atoms with Gasteiger partial charge in [-0.25, -0.2) is 0 Å². The summed E-state index contributed by atoms with van der Waals surface area (Å²) in [4.78, 5) is 0. The lowest BCUT2D eigenvalue weighted by Gasteiger charge is -2.05. The standard InChI is InChI=1S/C8H12N2S/c9-7-3-6(4-11-7)8(10)5-1-2-5/h3-5,8H,1-2,9-10H2/t8-/m1/s1. The van der Waals surface area contributed by atoms with Crippen LogP contribution in [0.1, 0.15) is 24.4 Å². The summed E-state index contributed by atoms with van der Waals surface area (Å²) in [5.41, 5.74) is 12.8. The molecule has 11 heavy (non-hydrogen) atoms. The molecule has 0 bridgehead atoms. The molecular formula is C8H12N2S. The van der Waals surface area contributed by atoms with Gasteiger partial charge in [-0.2, -0.15) is 0 Å². The van der Waals surface area contributed by atoms with E-state index in [0.29, 0.717) is 0 Å². The maximum Gasteiger partial charge on any atom is 0.0859 e. The van der Waals surface area contributed by atoms with Crippen molar-refractivity contribution in [1.29, 1.82) is 0 Å². The molecule has 1 saturated carbocycles. The highest BCUT2D eigenvalue weighted by Gasteiger charge is 2.29. The first-order valence-corrected chi connectivity index (χ1v) is 4.75. The first-order chi connectivity index (χ1) is 5.27. The second-order valence-corrected chi connectivity index (χ2v) is 4.09. The van der Waals surface area contributed by atoms with Crippen LogP contribution in [0.3, 0.4) is 0 Å². The monoisotopic (exact) mass is 168 g/mol. The summed E-state index contributed by atoms with van der Waals surface area (Å²) in [6.45, 7) is 0. The average Bonchev–Trinajstić information content (AvgIpc) is 2.74. The van der Waals surface area contributed by atoms with E-state index >= 15 is 0 Å². The third-order valence-corrected chi connectivity index (χ3v) is 2.93. The lowest BCUT2D eigenvalue weighted by molar-refractivity contribution is 0.636. The summed E-state index contributed by atoms with van der Waals surface area (Å²) in [6.07, 6.45) is 2.58. The molecule has 2 nitrogen and oxygen atoms in total. The van der Waals surface area contributed by atoms with Gasteiger partial charge in [0.1, 0.15) is 0 Å². The SMILES string of the molecule is Nc1cc([C@H](N)C2CC2)cs1. The fraction of sp³-hybridized carbons (Fsp3) is 0.500. The molecule has 1 aliphatic carbocycles. The minimum Gasteiger partial charge on any atom is -0.391 e. The summed E-state index contributed by atoms with van der Waals surface area (Å²) < 4.78 is 0. The third kappa shape index (κ3) is 1.39. The summed E-state index contributed by atoms with van der Waals surface area (Å²) >= 11 is 1.58. The van der Waals surface area contributed by atoms with Crippen LogP contribution in [0.15, 0.2) is 11.4 Å². The zero-order valence-electron chi connectivity index (χ0n) is 6.29.